The van der Waals surface area contributed by atoms with Crippen LogP contribution in [0.1, 0.15) is 43.9 Å². The Balaban J connectivity index is 0.00000380. The Bertz CT molecular complexity index is 1300. The van der Waals surface area contributed by atoms with Gasteiger partial charge < -0.3 is 15.0 Å². The minimum atomic E-state index is -0.413. The zero-order chi connectivity index (χ0) is 26.9. The molecular formula is C26H32BrCl4N5O3. The molecule has 1 N–H and O–H groups in total. The van der Waals surface area contributed by atoms with E-state index in [0.29, 0.717) is 34.2 Å². The molecule has 8 nitrogen and oxygen atoms in total. The molecule has 0 radical (unpaired) electrons. The summed E-state index contributed by atoms with van der Waals surface area (Å²) < 4.78 is 8.75. The Kier molecular flexibility index (Phi) is 15.2. The number of ether oxygens (including phenoxy) is 1. The maximum absolute atomic E-state index is 12.7. The third-order valence-corrected chi connectivity index (χ3v) is 7.48. The molecule has 0 aliphatic carbocycles. The number of nitrogens with one attached hydrogen (secondary N) is 1. The van der Waals surface area contributed by atoms with Gasteiger partial charge in [0.25, 0.3) is 5.91 Å². The van der Waals surface area contributed by atoms with Gasteiger partial charge in [-0.1, -0.05) is 49.4 Å². The molecule has 3 aromatic rings. The smallest absolute Gasteiger partial charge is 0.262 e. The van der Waals surface area contributed by atoms with Crippen molar-refractivity contribution in [1.29, 1.82) is 0 Å². The second kappa shape index (κ2) is 16.9. The number of fused-ring (bicyclic) bond motifs is 1. The number of aromatic nitrogens is 2. The Hall–Kier alpha value is -2.04. The van der Waals surface area contributed by atoms with Crippen molar-refractivity contribution in [2.24, 2.45) is 4.99 Å². The van der Waals surface area contributed by atoms with Gasteiger partial charge in [0.1, 0.15) is 11.2 Å². The first-order valence-electron chi connectivity index (χ1n) is 12.0. The van der Waals surface area contributed by atoms with Crippen LogP contribution in [0.4, 0.5) is 5.69 Å². The molecule has 0 aliphatic heterocycles. The fourth-order valence-corrected chi connectivity index (χ4v) is 4.59. The second-order valence-electron chi connectivity index (χ2n) is 8.47. The standard InChI is InChI=1S/C26H30BrCl2N5O3.2ClH/c1-4-5-6-7-12-30-14-22(35)31-15-23(36)33(3)20-11-10-19(28)18(24(20)29)16-37-21-9-8-13-34-25(27)17(2)32-26(21)34;;/h8-11,13-14H,4-7,12,15-16H2,1-3H3,(H,31,35);2*1H. The molecule has 0 saturated carbocycles. The lowest BCUT2D eigenvalue weighted by atomic mass is 10.2. The van der Waals surface area contributed by atoms with Gasteiger partial charge in [-0.3, -0.25) is 19.0 Å². The number of aliphatic imine (C=N–C) groups is 1. The summed E-state index contributed by atoms with van der Waals surface area (Å²) >= 11 is 16.6. The van der Waals surface area contributed by atoms with Gasteiger partial charge in [0.2, 0.25) is 5.91 Å². The maximum atomic E-state index is 12.7. The van der Waals surface area contributed by atoms with Gasteiger partial charge in [-0.15, -0.1) is 24.8 Å². The number of nitrogens with zero attached hydrogens (tertiary/aromatic N) is 4. The van der Waals surface area contributed by atoms with Crippen molar-refractivity contribution in [3.63, 3.8) is 0 Å². The van der Waals surface area contributed by atoms with Crippen molar-refractivity contribution in [2.75, 3.05) is 25.0 Å². The summed E-state index contributed by atoms with van der Waals surface area (Å²) in [5.41, 5.74) is 2.47. The van der Waals surface area contributed by atoms with E-state index in [9.17, 15) is 9.59 Å². The molecule has 0 fully saturated rings. The number of likely N-dealkylation sites (N-methyl/N-ethyl adjacent to an activating group) is 1. The monoisotopic (exact) mass is 681 g/mol. The highest BCUT2D eigenvalue weighted by Gasteiger charge is 2.19. The minimum Gasteiger partial charge on any atom is -0.485 e. The molecule has 3 rings (SSSR count). The van der Waals surface area contributed by atoms with Crippen LogP contribution in [-0.4, -0.2) is 47.6 Å². The quantitative estimate of drug-likeness (QED) is 0.167. The summed E-state index contributed by atoms with van der Waals surface area (Å²) in [6.45, 7) is 4.51. The third-order valence-electron chi connectivity index (χ3n) is 5.75. The molecule has 2 aromatic heterocycles. The zero-order valence-corrected chi connectivity index (χ0v) is 26.6. The van der Waals surface area contributed by atoms with E-state index in [-0.39, 0.29) is 48.9 Å². The summed E-state index contributed by atoms with van der Waals surface area (Å²) in [5, 5.41) is 3.26. The number of pyridine rings is 1. The molecule has 1 aromatic carbocycles. The number of benzene rings is 1. The van der Waals surface area contributed by atoms with Gasteiger partial charge in [-0.2, -0.15) is 0 Å². The highest BCUT2D eigenvalue weighted by Crippen LogP contribution is 2.35. The molecule has 0 atom stereocenters. The predicted molar refractivity (Wildman–Crippen MR) is 167 cm³/mol. The summed E-state index contributed by atoms with van der Waals surface area (Å²) in [6, 6.07) is 6.98. The lowest BCUT2D eigenvalue weighted by Crippen LogP contribution is -2.38. The number of rotatable bonds is 12. The van der Waals surface area contributed by atoms with Crippen LogP contribution >= 0.6 is 63.9 Å². The fraction of sp³-hybridized carbons (Fsp3) is 0.385. The molecule has 2 amide bonds. The average molecular weight is 684 g/mol. The largest absolute Gasteiger partial charge is 0.485 e. The molecule has 2 heterocycles. The van der Waals surface area contributed by atoms with E-state index in [0.717, 1.165) is 36.0 Å². The topological polar surface area (TPSA) is 88.3 Å². The summed E-state index contributed by atoms with van der Waals surface area (Å²) in [7, 11) is 1.58. The molecule has 0 spiro atoms. The Morgan fingerprint density at radius 3 is 2.67 bits per heavy atom. The molecule has 214 valence electrons. The van der Waals surface area contributed by atoms with Crippen LogP contribution in [0.5, 0.6) is 5.75 Å². The Labute approximate surface area is 259 Å². The summed E-state index contributed by atoms with van der Waals surface area (Å²) in [4.78, 5) is 34.8. The third kappa shape index (κ3) is 9.25. The van der Waals surface area contributed by atoms with E-state index in [1.54, 1.807) is 19.2 Å². The number of aryl methyl sites for hydroxylation is 1. The van der Waals surface area contributed by atoms with Crippen LogP contribution in [0.3, 0.4) is 0 Å². The molecule has 13 heteroatoms. The molecule has 39 heavy (non-hydrogen) atoms. The Morgan fingerprint density at radius 1 is 1.21 bits per heavy atom. The molecule has 0 unspecified atom stereocenters. The number of imidazole rings is 1. The highest BCUT2D eigenvalue weighted by molar-refractivity contribution is 9.10. The number of carbonyl (C=O) groups excluding carboxylic acids is 2. The minimum absolute atomic E-state index is 0. The number of unbranched alkanes of at least 4 members (excludes halogenated alkanes) is 3. The molecule has 0 saturated heterocycles. The normalized spacial score (nSPS) is 10.7. The molecular weight excluding hydrogens is 652 g/mol. The van der Waals surface area contributed by atoms with Crippen LogP contribution in [0.15, 0.2) is 40.1 Å². The van der Waals surface area contributed by atoms with Crippen LogP contribution in [0.25, 0.3) is 5.65 Å². The number of anilines is 1. The number of amides is 2. The Morgan fingerprint density at radius 2 is 1.95 bits per heavy atom. The number of hydrogen-bond acceptors (Lipinski definition) is 5. The van der Waals surface area contributed by atoms with E-state index in [2.05, 4.69) is 38.1 Å². The predicted octanol–water partition coefficient (Wildman–Crippen LogP) is 6.86. The van der Waals surface area contributed by atoms with E-state index in [1.807, 2.05) is 29.7 Å². The van der Waals surface area contributed by atoms with E-state index < -0.39 is 5.91 Å². The second-order valence-corrected chi connectivity index (χ2v) is 10.0. The first kappa shape index (κ1) is 35.0. The SMILES string of the molecule is CCCCCCN=CC(=O)NCC(=O)N(C)c1ccc(Cl)c(COc2cccn3c(Br)c(C)nc23)c1Cl.Cl.Cl. The first-order valence-corrected chi connectivity index (χ1v) is 13.6. The van der Waals surface area contributed by atoms with Gasteiger partial charge in [0.15, 0.2) is 11.4 Å². The first-order chi connectivity index (χ1) is 17.7. The van der Waals surface area contributed by atoms with E-state index in [1.165, 1.54) is 11.1 Å². The summed E-state index contributed by atoms with van der Waals surface area (Å²) in [6.07, 6.45) is 7.43. The lowest BCUT2D eigenvalue weighted by molar-refractivity contribution is -0.121. The summed E-state index contributed by atoms with van der Waals surface area (Å²) in [5.74, 6) is -0.195. The van der Waals surface area contributed by atoms with Gasteiger partial charge in [-0.25, -0.2) is 4.98 Å². The highest BCUT2D eigenvalue weighted by atomic mass is 79.9. The van der Waals surface area contributed by atoms with Crippen molar-refractivity contribution in [3.8, 4) is 5.75 Å². The number of halogens is 5. The average Bonchev–Trinajstić information content (AvgIpc) is 3.18. The van der Waals surface area contributed by atoms with Gasteiger partial charge in [0.05, 0.1) is 29.2 Å². The maximum Gasteiger partial charge on any atom is 0.262 e. The van der Waals surface area contributed by atoms with Gasteiger partial charge >= 0.3 is 0 Å². The van der Waals surface area contributed by atoms with Crippen molar-refractivity contribution in [2.45, 2.75) is 46.1 Å². The molecule has 0 aliphatic rings. The van der Waals surface area contributed by atoms with Crippen molar-refractivity contribution < 1.29 is 14.3 Å². The molecule has 0 bridgehead atoms. The van der Waals surface area contributed by atoms with Gasteiger partial charge in [-0.05, 0) is 53.5 Å². The van der Waals surface area contributed by atoms with Gasteiger partial charge in [0, 0.05) is 30.4 Å². The van der Waals surface area contributed by atoms with Crippen molar-refractivity contribution in [3.05, 3.63) is 56.4 Å². The van der Waals surface area contributed by atoms with E-state index >= 15 is 0 Å². The fourth-order valence-electron chi connectivity index (χ4n) is 3.60. The van der Waals surface area contributed by atoms with Crippen LogP contribution < -0.4 is 15.0 Å². The number of hydrogen-bond donors (Lipinski definition) is 1. The van der Waals surface area contributed by atoms with Crippen molar-refractivity contribution >= 4 is 93.3 Å². The lowest BCUT2D eigenvalue weighted by Gasteiger charge is -2.21. The van der Waals surface area contributed by atoms with Crippen LogP contribution in [0, 0.1) is 6.92 Å². The van der Waals surface area contributed by atoms with Crippen LogP contribution in [-0.2, 0) is 16.2 Å². The van der Waals surface area contributed by atoms with Crippen LogP contribution in [0.2, 0.25) is 10.0 Å². The van der Waals surface area contributed by atoms with E-state index in [4.69, 9.17) is 27.9 Å². The number of carbonyl (C=O) groups is 2. The van der Waals surface area contributed by atoms with Crippen molar-refractivity contribution in [1.82, 2.24) is 14.7 Å². The zero-order valence-electron chi connectivity index (χ0n) is 21.9.